The zero-order valence-corrected chi connectivity index (χ0v) is 21.4. The van der Waals surface area contributed by atoms with Gasteiger partial charge in [0, 0.05) is 56.9 Å². The number of carbonyl (C=O) groups is 1. The average Bonchev–Trinajstić information content (AvgIpc) is 3.34. The van der Waals surface area contributed by atoms with Crippen LogP contribution >= 0.6 is 11.3 Å². The van der Waals surface area contributed by atoms with Gasteiger partial charge in [0.15, 0.2) is 0 Å². The van der Waals surface area contributed by atoms with Gasteiger partial charge in [-0.15, -0.1) is 11.3 Å². The van der Waals surface area contributed by atoms with Gasteiger partial charge in [-0.25, -0.2) is 21.8 Å². The summed E-state index contributed by atoms with van der Waals surface area (Å²) in [6.45, 7) is 1.59. The van der Waals surface area contributed by atoms with Crippen molar-refractivity contribution < 1.29 is 21.6 Å². The maximum absolute atomic E-state index is 13.5. The number of nitrogens with zero attached hydrogens (tertiary/aromatic N) is 4. The maximum Gasteiger partial charge on any atom is 0.270 e. The van der Waals surface area contributed by atoms with Crippen LogP contribution in [0, 0.1) is 5.92 Å². The molecule has 186 valence electrons. The Labute approximate surface area is 204 Å². The Morgan fingerprint density at radius 3 is 2.32 bits per heavy atom. The van der Waals surface area contributed by atoms with Crippen molar-refractivity contribution >= 4 is 37.3 Å². The number of hydrogen-bond donors (Lipinski definition) is 1. The number of thiazole rings is 1. The van der Waals surface area contributed by atoms with Crippen LogP contribution < -0.4 is 5.73 Å². The Balaban J connectivity index is 1.57. The summed E-state index contributed by atoms with van der Waals surface area (Å²) in [5.74, 6) is -0.826. The summed E-state index contributed by atoms with van der Waals surface area (Å²) < 4.78 is 53.2. The van der Waals surface area contributed by atoms with Crippen molar-refractivity contribution in [3.05, 3.63) is 47.0 Å². The molecular formula is C21H29N5O5S3. The SMILES string of the molecule is CS(=O)(=O)N1CCN(C(=O)[C@H]2C[C@@H](c3ccccc3)CN(S(=O)(=O)c3ncc(CN)s3)C2)CC1. The molecule has 1 aromatic heterocycles. The van der Waals surface area contributed by atoms with E-state index in [-0.39, 0.29) is 62.0 Å². The number of piperidine rings is 1. The van der Waals surface area contributed by atoms with Gasteiger partial charge >= 0.3 is 0 Å². The smallest absolute Gasteiger partial charge is 0.270 e. The van der Waals surface area contributed by atoms with Gasteiger partial charge in [0.05, 0.1) is 12.2 Å². The van der Waals surface area contributed by atoms with Crippen molar-refractivity contribution in [2.45, 2.75) is 23.2 Å². The van der Waals surface area contributed by atoms with Crippen molar-refractivity contribution in [2.75, 3.05) is 45.5 Å². The Kier molecular flexibility index (Phi) is 7.41. The maximum atomic E-state index is 13.5. The summed E-state index contributed by atoms with van der Waals surface area (Å²) in [4.78, 5) is 19.9. The molecule has 34 heavy (non-hydrogen) atoms. The normalized spacial score (nSPS) is 23.2. The lowest BCUT2D eigenvalue weighted by atomic mass is 9.85. The summed E-state index contributed by atoms with van der Waals surface area (Å²) in [6.07, 6.45) is 3.15. The Morgan fingerprint density at radius 2 is 1.74 bits per heavy atom. The van der Waals surface area contributed by atoms with Crippen LogP contribution in [0.3, 0.4) is 0 Å². The first-order valence-electron chi connectivity index (χ1n) is 11.0. The molecule has 3 heterocycles. The van der Waals surface area contributed by atoms with Gasteiger partial charge in [-0.1, -0.05) is 30.3 Å². The van der Waals surface area contributed by atoms with E-state index in [0.717, 1.165) is 23.2 Å². The Morgan fingerprint density at radius 1 is 1.06 bits per heavy atom. The Bertz CT molecular complexity index is 1220. The lowest BCUT2D eigenvalue weighted by Gasteiger charge is -2.40. The molecule has 4 rings (SSSR count). The summed E-state index contributed by atoms with van der Waals surface area (Å²) in [6, 6.07) is 9.59. The predicted octanol–water partition coefficient (Wildman–Crippen LogP) is 0.500. The van der Waals surface area contributed by atoms with Crippen LogP contribution in [-0.4, -0.2) is 86.8 Å². The van der Waals surface area contributed by atoms with E-state index >= 15 is 0 Å². The topological polar surface area (TPSA) is 134 Å². The van der Waals surface area contributed by atoms with Crippen LogP contribution in [0.5, 0.6) is 0 Å². The highest BCUT2D eigenvalue weighted by Gasteiger charge is 2.41. The molecule has 1 aromatic carbocycles. The van der Waals surface area contributed by atoms with Crippen LogP contribution in [0.1, 0.15) is 22.8 Å². The van der Waals surface area contributed by atoms with Gasteiger partial charge in [-0.3, -0.25) is 4.79 Å². The monoisotopic (exact) mass is 527 g/mol. The fourth-order valence-corrected chi connectivity index (χ4v) is 8.08. The zero-order chi connectivity index (χ0) is 24.5. The largest absolute Gasteiger partial charge is 0.340 e. The molecule has 0 spiro atoms. The summed E-state index contributed by atoms with van der Waals surface area (Å²) in [5.41, 5.74) is 6.61. The first-order valence-corrected chi connectivity index (χ1v) is 15.1. The lowest BCUT2D eigenvalue weighted by Crippen LogP contribution is -2.54. The van der Waals surface area contributed by atoms with Crippen molar-refractivity contribution in [1.29, 1.82) is 0 Å². The zero-order valence-electron chi connectivity index (χ0n) is 18.9. The molecule has 2 aliphatic heterocycles. The molecule has 0 aliphatic carbocycles. The fraction of sp³-hybridized carbons (Fsp3) is 0.524. The molecule has 0 bridgehead atoms. The van der Waals surface area contributed by atoms with E-state index < -0.39 is 26.0 Å². The van der Waals surface area contributed by atoms with E-state index in [1.165, 1.54) is 14.8 Å². The van der Waals surface area contributed by atoms with Gasteiger partial charge < -0.3 is 10.6 Å². The molecule has 2 aliphatic rings. The van der Waals surface area contributed by atoms with E-state index in [1.807, 2.05) is 30.3 Å². The molecule has 2 N–H and O–H groups in total. The van der Waals surface area contributed by atoms with E-state index in [2.05, 4.69) is 4.98 Å². The van der Waals surface area contributed by atoms with Crippen LogP contribution in [0.25, 0.3) is 0 Å². The number of rotatable bonds is 6. The van der Waals surface area contributed by atoms with Crippen molar-refractivity contribution in [2.24, 2.45) is 11.7 Å². The Hall–Kier alpha value is -1.90. The van der Waals surface area contributed by atoms with Gasteiger partial charge in [-0.2, -0.15) is 8.61 Å². The number of carbonyl (C=O) groups excluding carboxylic acids is 1. The number of hydrogen-bond acceptors (Lipinski definition) is 8. The highest BCUT2D eigenvalue weighted by Crippen LogP contribution is 2.35. The minimum atomic E-state index is -3.89. The lowest BCUT2D eigenvalue weighted by molar-refractivity contribution is -0.138. The van der Waals surface area contributed by atoms with Crippen LogP contribution in [0.15, 0.2) is 40.9 Å². The molecule has 2 aromatic rings. The second-order valence-corrected chi connectivity index (χ2v) is 13.9. The molecule has 0 unspecified atom stereocenters. The molecule has 2 fully saturated rings. The molecule has 0 saturated carbocycles. The van der Waals surface area contributed by atoms with Crippen LogP contribution in [0.2, 0.25) is 0 Å². The summed E-state index contributed by atoms with van der Waals surface area (Å²) in [5, 5.41) is 0. The molecule has 1 amide bonds. The molecular weight excluding hydrogens is 498 g/mol. The van der Waals surface area contributed by atoms with Crippen molar-refractivity contribution in [3.63, 3.8) is 0 Å². The first-order chi connectivity index (χ1) is 16.1. The molecule has 10 nitrogen and oxygen atoms in total. The van der Waals surface area contributed by atoms with Gasteiger partial charge in [-0.05, 0) is 17.9 Å². The number of benzene rings is 1. The van der Waals surface area contributed by atoms with Crippen molar-refractivity contribution in [1.82, 2.24) is 18.5 Å². The van der Waals surface area contributed by atoms with E-state index in [9.17, 15) is 21.6 Å². The fourth-order valence-electron chi connectivity index (χ4n) is 4.51. The molecule has 13 heteroatoms. The number of amides is 1. The summed E-state index contributed by atoms with van der Waals surface area (Å²) in [7, 11) is -7.20. The quantitative estimate of drug-likeness (QED) is 0.578. The number of aromatic nitrogens is 1. The second kappa shape index (κ2) is 9.99. The van der Waals surface area contributed by atoms with Crippen LogP contribution in [0.4, 0.5) is 0 Å². The molecule has 2 atom stereocenters. The average molecular weight is 528 g/mol. The first kappa shape index (κ1) is 25.2. The molecule has 0 radical (unpaired) electrons. The van der Waals surface area contributed by atoms with Gasteiger partial charge in [0.1, 0.15) is 0 Å². The minimum absolute atomic E-state index is 0.0189. The molecule has 2 saturated heterocycles. The predicted molar refractivity (Wildman–Crippen MR) is 129 cm³/mol. The summed E-state index contributed by atoms with van der Waals surface area (Å²) >= 11 is 1.05. The highest BCUT2D eigenvalue weighted by atomic mass is 32.2. The highest BCUT2D eigenvalue weighted by molar-refractivity contribution is 7.91. The second-order valence-electron chi connectivity index (χ2n) is 8.65. The third-order valence-corrected chi connectivity index (χ3v) is 10.9. The third kappa shape index (κ3) is 5.34. The van der Waals surface area contributed by atoms with E-state index in [4.69, 9.17) is 5.73 Å². The van der Waals surface area contributed by atoms with Crippen molar-refractivity contribution in [3.8, 4) is 0 Å². The van der Waals surface area contributed by atoms with E-state index in [0.29, 0.717) is 11.3 Å². The number of sulfonamides is 2. The van der Waals surface area contributed by atoms with E-state index in [1.54, 1.807) is 4.90 Å². The van der Waals surface area contributed by atoms with Gasteiger partial charge in [0.2, 0.25) is 20.3 Å². The third-order valence-electron chi connectivity index (χ3n) is 6.35. The number of piperazine rings is 1. The number of nitrogens with two attached hydrogens (primary N) is 1. The van der Waals surface area contributed by atoms with Crippen LogP contribution in [-0.2, 0) is 31.4 Å². The standard InChI is InChI=1S/C21H29N5O5S3/c1-33(28,29)25-9-7-24(8-10-25)20(27)18-11-17(16-5-3-2-4-6-16)14-26(15-18)34(30,31)21-23-13-19(12-22)32-21/h2-6,13,17-18H,7-12,14-15,22H2,1H3/t17-,18+/m1/s1. The minimum Gasteiger partial charge on any atom is -0.340 e. The van der Waals surface area contributed by atoms with Gasteiger partial charge in [0.25, 0.3) is 10.0 Å².